The van der Waals surface area contributed by atoms with Gasteiger partial charge in [-0.15, -0.1) is 0 Å². The lowest BCUT2D eigenvalue weighted by Gasteiger charge is -2.15. The maximum Gasteiger partial charge on any atom is 0.133 e. The third kappa shape index (κ3) is 5.23. The molecule has 1 atom stereocenters. The van der Waals surface area contributed by atoms with Gasteiger partial charge in [-0.2, -0.15) is 0 Å². The van der Waals surface area contributed by atoms with Crippen LogP contribution in [0, 0.1) is 6.92 Å². The molecule has 0 aliphatic heterocycles. The van der Waals surface area contributed by atoms with Crippen LogP contribution in [0.3, 0.4) is 0 Å². The SMILES string of the molecule is Cc1ccc(OCC(O)CNc2ccc(Cl)cc2)c(Br)c1. The third-order valence-corrected chi connectivity index (χ3v) is 3.78. The fraction of sp³-hybridized carbons (Fsp3) is 0.250. The molecule has 0 aliphatic rings. The predicted molar refractivity (Wildman–Crippen MR) is 90.3 cm³/mol. The van der Waals surface area contributed by atoms with Crippen LogP contribution in [0.5, 0.6) is 5.75 Å². The van der Waals surface area contributed by atoms with Crippen LogP contribution in [0.25, 0.3) is 0 Å². The van der Waals surface area contributed by atoms with Gasteiger partial charge in [-0.05, 0) is 64.8 Å². The lowest BCUT2D eigenvalue weighted by molar-refractivity contribution is 0.117. The van der Waals surface area contributed by atoms with Gasteiger partial charge < -0.3 is 15.2 Å². The van der Waals surface area contributed by atoms with Crippen molar-refractivity contribution < 1.29 is 9.84 Å². The Kier molecular flexibility index (Phi) is 5.91. The molecule has 0 aromatic heterocycles. The molecule has 21 heavy (non-hydrogen) atoms. The van der Waals surface area contributed by atoms with Gasteiger partial charge in [-0.3, -0.25) is 0 Å². The normalized spacial score (nSPS) is 12.0. The molecule has 2 aromatic carbocycles. The number of nitrogens with one attached hydrogen (secondary N) is 1. The Morgan fingerprint density at radius 3 is 2.62 bits per heavy atom. The van der Waals surface area contributed by atoms with E-state index in [9.17, 15) is 5.11 Å². The van der Waals surface area contributed by atoms with Gasteiger partial charge in [-0.25, -0.2) is 0 Å². The van der Waals surface area contributed by atoms with Gasteiger partial charge in [-0.1, -0.05) is 17.7 Å². The Balaban J connectivity index is 1.79. The second-order valence-corrected chi connectivity index (χ2v) is 6.08. The maximum atomic E-state index is 9.94. The van der Waals surface area contributed by atoms with Crippen molar-refractivity contribution in [1.29, 1.82) is 0 Å². The Bertz CT molecular complexity index is 589. The first-order valence-corrected chi connectivity index (χ1v) is 7.78. The smallest absolute Gasteiger partial charge is 0.133 e. The van der Waals surface area contributed by atoms with Crippen LogP contribution in [0.15, 0.2) is 46.9 Å². The van der Waals surface area contributed by atoms with Crippen molar-refractivity contribution in [2.45, 2.75) is 13.0 Å². The van der Waals surface area contributed by atoms with Crippen LogP contribution in [-0.2, 0) is 0 Å². The van der Waals surface area contributed by atoms with Crippen molar-refractivity contribution in [3.63, 3.8) is 0 Å². The van der Waals surface area contributed by atoms with E-state index in [-0.39, 0.29) is 6.61 Å². The molecule has 0 bridgehead atoms. The molecule has 2 N–H and O–H groups in total. The average molecular weight is 371 g/mol. The molecule has 0 amide bonds. The number of benzene rings is 2. The number of hydrogen-bond acceptors (Lipinski definition) is 3. The molecule has 3 nitrogen and oxygen atoms in total. The van der Waals surface area contributed by atoms with Gasteiger partial charge in [0, 0.05) is 17.3 Å². The van der Waals surface area contributed by atoms with E-state index in [4.69, 9.17) is 16.3 Å². The molecular formula is C16H17BrClNO2. The predicted octanol–water partition coefficient (Wildman–Crippen LogP) is 4.26. The van der Waals surface area contributed by atoms with E-state index < -0.39 is 6.10 Å². The summed E-state index contributed by atoms with van der Waals surface area (Å²) >= 11 is 9.26. The second kappa shape index (κ2) is 7.69. The molecule has 0 saturated carbocycles. The average Bonchev–Trinajstić information content (AvgIpc) is 2.46. The molecule has 0 radical (unpaired) electrons. The largest absolute Gasteiger partial charge is 0.490 e. The number of ether oxygens (including phenoxy) is 1. The standard InChI is InChI=1S/C16H17BrClNO2/c1-11-2-7-16(15(17)8-11)21-10-14(20)9-19-13-5-3-12(18)4-6-13/h2-8,14,19-20H,9-10H2,1H3. The summed E-state index contributed by atoms with van der Waals surface area (Å²) in [7, 11) is 0. The molecule has 1 unspecified atom stereocenters. The monoisotopic (exact) mass is 369 g/mol. The molecule has 5 heteroatoms. The van der Waals surface area contributed by atoms with Crippen LogP contribution in [-0.4, -0.2) is 24.4 Å². The molecular weight excluding hydrogens is 354 g/mol. The zero-order valence-corrected chi connectivity index (χ0v) is 14.0. The molecule has 0 heterocycles. The van der Waals surface area contributed by atoms with E-state index in [1.807, 2.05) is 37.3 Å². The highest BCUT2D eigenvalue weighted by Gasteiger charge is 2.07. The lowest BCUT2D eigenvalue weighted by Crippen LogP contribution is -2.26. The zero-order chi connectivity index (χ0) is 15.2. The Morgan fingerprint density at radius 1 is 1.24 bits per heavy atom. The van der Waals surface area contributed by atoms with Crippen molar-refractivity contribution in [3.8, 4) is 5.75 Å². The highest BCUT2D eigenvalue weighted by molar-refractivity contribution is 9.10. The first kappa shape index (κ1) is 16.1. The van der Waals surface area contributed by atoms with Gasteiger partial charge in [0.05, 0.1) is 4.47 Å². The summed E-state index contributed by atoms with van der Waals surface area (Å²) in [5, 5.41) is 13.8. The third-order valence-electron chi connectivity index (χ3n) is 2.90. The quantitative estimate of drug-likeness (QED) is 0.798. The summed E-state index contributed by atoms with van der Waals surface area (Å²) in [4.78, 5) is 0. The van der Waals surface area contributed by atoms with E-state index in [0.717, 1.165) is 21.5 Å². The van der Waals surface area contributed by atoms with Crippen molar-refractivity contribution >= 4 is 33.2 Å². The summed E-state index contributed by atoms with van der Waals surface area (Å²) in [5.74, 6) is 0.728. The van der Waals surface area contributed by atoms with E-state index in [2.05, 4.69) is 21.2 Å². The van der Waals surface area contributed by atoms with Crippen LogP contribution in [0.1, 0.15) is 5.56 Å². The fourth-order valence-corrected chi connectivity index (χ4v) is 2.50. The second-order valence-electron chi connectivity index (χ2n) is 4.79. The van der Waals surface area contributed by atoms with Crippen molar-refractivity contribution in [1.82, 2.24) is 0 Å². The van der Waals surface area contributed by atoms with Crippen LogP contribution < -0.4 is 10.1 Å². The number of rotatable bonds is 6. The number of hydrogen-bond donors (Lipinski definition) is 2. The van der Waals surface area contributed by atoms with Crippen molar-refractivity contribution in [2.24, 2.45) is 0 Å². The summed E-state index contributed by atoms with van der Waals surface area (Å²) in [6.07, 6.45) is -0.603. The van der Waals surface area contributed by atoms with Crippen molar-refractivity contribution in [2.75, 3.05) is 18.5 Å². The molecule has 2 aromatic rings. The van der Waals surface area contributed by atoms with E-state index in [1.165, 1.54) is 0 Å². The molecule has 112 valence electrons. The minimum atomic E-state index is -0.603. The molecule has 0 spiro atoms. The van der Waals surface area contributed by atoms with E-state index in [1.54, 1.807) is 12.1 Å². The Hall–Kier alpha value is -1.23. The van der Waals surface area contributed by atoms with Crippen molar-refractivity contribution in [3.05, 3.63) is 57.5 Å². The number of halogens is 2. The van der Waals surface area contributed by atoms with Gasteiger partial charge in [0.25, 0.3) is 0 Å². The summed E-state index contributed by atoms with van der Waals surface area (Å²) < 4.78 is 6.49. The van der Waals surface area contributed by atoms with E-state index >= 15 is 0 Å². The fourth-order valence-electron chi connectivity index (χ4n) is 1.77. The summed E-state index contributed by atoms with van der Waals surface area (Å²) in [6, 6.07) is 13.2. The molecule has 0 saturated heterocycles. The molecule has 0 fully saturated rings. The Labute approximate surface area is 138 Å². The van der Waals surface area contributed by atoms with Gasteiger partial charge in [0.2, 0.25) is 0 Å². The van der Waals surface area contributed by atoms with Crippen LogP contribution >= 0.6 is 27.5 Å². The maximum absolute atomic E-state index is 9.94. The lowest BCUT2D eigenvalue weighted by atomic mass is 10.2. The summed E-state index contributed by atoms with van der Waals surface area (Å²) in [6.45, 7) is 2.65. The number of aliphatic hydroxyl groups excluding tert-OH is 1. The highest BCUT2D eigenvalue weighted by Crippen LogP contribution is 2.25. The zero-order valence-electron chi connectivity index (χ0n) is 11.6. The topological polar surface area (TPSA) is 41.5 Å². The molecule has 0 aliphatic carbocycles. The minimum absolute atomic E-state index is 0.224. The summed E-state index contributed by atoms with van der Waals surface area (Å²) in [5.41, 5.74) is 2.06. The first-order valence-electron chi connectivity index (χ1n) is 6.61. The van der Waals surface area contributed by atoms with Gasteiger partial charge in [0.1, 0.15) is 18.5 Å². The Morgan fingerprint density at radius 2 is 1.95 bits per heavy atom. The first-order chi connectivity index (χ1) is 10.0. The molecule has 2 rings (SSSR count). The number of anilines is 1. The minimum Gasteiger partial charge on any atom is -0.490 e. The highest BCUT2D eigenvalue weighted by atomic mass is 79.9. The number of aryl methyl sites for hydroxylation is 1. The number of aliphatic hydroxyl groups is 1. The van der Waals surface area contributed by atoms with Gasteiger partial charge >= 0.3 is 0 Å². The van der Waals surface area contributed by atoms with Gasteiger partial charge in [0.15, 0.2) is 0 Å². The van der Waals surface area contributed by atoms with Crippen LogP contribution in [0.2, 0.25) is 5.02 Å². The van der Waals surface area contributed by atoms with Crippen LogP contribution in [0.4, 0.5) is 5.69 Å². The van der Waals surface area contributed by atoms with E-state index in [0.29, 0.717) is 11.6 Å².